The van der Waals surface area contributed by atoms with Gasteiger partial charge in [0.05, 0.1) is 12.3 Å². The Morgan fingerprint density at radius 1 is 1.21 bits per heavy atom. The molecule has 0 amide bonds. The van der Waals surface area contributed by atoms with Gasteiger partial charge in [0.15, 0.2) is 5.65 Å². The molecule has 8 nitrogen and oxygen atoms in total. The summed E-state index contributed by atoms with van der Waals surface area (Å²) in [4.78, 5) is 41.7. The fourth-order valence-corrected chi connectivity index (χ4v) is 3.12. The van der Waals surface area contributed by atoms with Crippen LogP contribution in [0.25, 0.3) is 11.0 Å². The van der Waals surface area contributed by atoms with Gasteiger partial charge in [-0.05, 0) is 27.0 Å². The third-order valence-electron chi connectivity index (χ3n) is 3.67. The first-order valence-electron chi connectivity index (χ1n) is 7.60. The van der Waals surface area contributed by atoms with Gasteiger partial charge in [-0.2, -0.15) is 0 Å². The smallest absolute Gasteiger partial charge is 0.343 e. The minimum Gasteiger partial charge on any atom is -0.462 e. The number of carbonyl (C=O) groups is 1. The van der Waals surface area contributed by atoms with Gasteiger partial charge >= 0.3 is 11.7 Å². The molecule has 2 aromatic heterocycles. The molecule has 0 atom stereocenters. The second-order valence-electron chi connectivity index (χ2n) is 4.91. The van der Waals surface area contributed by atoms with E-state index in [-0.39, 0.29) is 35.4 Å². The summed E-state index contributed by atoms with van der Waals surface area (Å²) < 4.78 is 7.49. The first-order chi connectivity index (χ1) is 11.4. The third kappa shape index (κ3) is 2.68. The Hall–Kier alpha value is -2.29. The van der Waals surface area contributed by atoms with Crippen LogP contribution in [0.15, 0.2) is 14.6 Å². The predicted octanol–water partition coefficient (Wildman–Crippen LogP) is 1.08. The van der Waals surface area contributed by atoms with Crippen LogP contribution in [0.1, 0.15) is 31.1 Å². The van der Waals surface area contributed by atoms with E-state index >= 15 is 0 Å². The zero-order valence-corrected chi connectivity index (χ0v) is 14.9. The summed E-state index contributed by atoms with van der Waals surface area (Å²) in [7, 11) is 0. The van der Waals surface area contributed by atoms with Crippen molar-refractivity contribution in [3.8, 4) is 0 Å². The first-order valence-corrected chi connectivity index (χ1v) is 8.83. The second-order valence-corrected chi connectivity index (χ2v) is 5.70. The van der Waals surface area contributed by atoms with Gasteiger partial charge in [-0.25, -0.2) is 14.6 Å². The molecule has 0 unspecified atom stereocenters. The van der Waals surface area contributed by atoms with Gasteiger partial charge in [-0.3, -0.25) is 13.9 Å². The number of pyridine rings is 1. The molecule has 2 rings (SSSR count). The van der Waals surface area contributed by atoms with E-state index in [1.54, 1.807) is 27.0 Å². The maximum atomic E-state index is 12.7. The third-order valence-corrected chi connectivity index (χ3v) is 4.35. The van der Waals surface area contributed by atoms with E-state index in [1.807, 2.05) is 0 Å². The van der Waals surface area contributed by atoms with Crippen LogP contribution >= 0.6 is 11.8 Å². The van der Waals surface area contributed by atoms with E-state index in [0.29, 0.717) is 11.6 Å². The van der Waals surface area contributed by atoms with Gasteiger partial charge < -0.3 is 10.5 Å². The summed E-state index contributed by atoms with van der Waals surface area (Å²) in [5.41, 5.74) is 5.40. The Balaban J connectivity index is 3.06. The van der Waals surface area contributed by atoms with Gasteiger partial charge in [0.25, 0.3) is 5.56 Å². The van der Waals surface area contributed by atoms with Crippen LogP contribution in [0.5, 0.6) is 0 Å². The van der Waals surface area contributed by atoms with Crippen LogP contribution in [-0.2, 0) is 17.8 Å². The van der Waals surface area contributed by atoms with Gasteiger partial charge in [0, 0.05) is 13.1 Å². The summed E-state index contributed by atoms with van der Waals surface area (Å²) in [5.74, 6) is -0.634. The van der Waals surface area contributed by atoms with E-state index in [4.69, 9.17) is 10.5 Å². The SMILES string of the molecule is CCOC(=O)c1c(SC)nc2c(c1N)c(=O)n(CC)c(=O)n2CC. The molecular formula is C15H20N4O4S. The normalized spacial score (nSPS) is 11.0. The number of anilines is 1. The van der Waals surface area contributed by atoms with E-state index in [1.165, 1.54) is 16.3 Å². The zero-order valence-electron chi connectivity index (χ0n) is 14.1. The molecule has 0 bridgehead atoms. The largest absolute Gasteiger partial charge is 0.462 e. The molecule has 0 saturated heterocycles. The number of nitrogen functional groups attached to an aromatic ring is 1. The van der Waals surface area contributed by atoms with Crippen LogP contribution in [0, 0.1) is 0 Å². The number of hydrogen-bond donors (Lipinski definition) is 1. The van der Waals surface area contributed by atoms with Crippen molar-refractivity contribution in [3.05, 3.63) is 26.4 Å². The maximum Gasteiger partial charge on any atom is 0.343 e. The molecule has 0 radical (unpaired) electrons. The number of carbonyl (C=O) groups excluding carboxylic acids is 1. The Morgan fingerprint density at radius 2 is 1.83 bits per heavy atom. The molecule has 0 fully saturated rings. The van der Waals surface area contributed by atoms with Gasteiger partial charge in [0.2, 0.25) is 0 Å². The minimum absolute atomic E-state index is 0.00259. The fraction of sp³-hybridized carbons (Fsp3) is 0.467. The Labute approximate surface area is 142 Å². The molecule has 24 heavy (non-hydrogen) atoms. The van der Waals surface area contributed by atoms with Gasteiger partial charge in [-0.15, -0.1) is 11.8 Å². The minimum atomic E-state index is -0.634. The first kappa shape index (κ1) is 18.1. The molecule has 0 aromatic carbocycles. The van der Waals surface area contributed by atoms with Crippen molar-refractivity contribution in [1.82, 2.24) is 14.1 Å². The van der Waals surface area contributed by atoms with Gasteiger partial charge in [-0.1, -0.05) is 0 Å². The molecule has 0 saturated carbocycles. The average molecular weight is 352 g/mol. The Kier molecular flexibility index (Phi) is 5.33. The number of aryl methyl sites for hydroxylation is 1. The Morgan fingerprint density at radius 3 is 2.33 bits per heavy atom. The lowest BCUT2D eigenvalue weighted by Gasteiger charge is -2.16. The number of aromatic nitrogens is 3. The monoisotopic (exact) mass is 352 g/mol. The number of nitrogens with zero attached hydrogens (tertiary/aromatic N) is 3. The molecular weight excluding hydrogens is 332 g/mol. The van der Waals surface area contributed by atoms with Crippen molar-refractivity contribution in [2.45, 2.75) is 38.9 Å². The number of fused-ring (bicyclic) bond motifs is 1. The molecule has 0 aliphatic heterocycles. The predicted molar refractivity (Wildman–Crippen MR) is 93.8 cm³/mol. The highest BCUT2D eigenvalue weighted by Gasteiger charge is 2.25. The van der Waals surface area contributed by atoms with E-state index in [2.05, 4.69) is 4.98 Å². The molecule has 9 heteroatoms. The van der Waals surface area contributed by atoms with E-state index in [9.17, 15) is 14.4 Å². The summed E-state index contributed by atoms with van der Waals surface area (Å²) in [5, 5.41) is 0.396. The molecule has 130 valence electrons. The quantitative estimate of drug-likeness (QED) is 0.633. The average Bonchev–Trinajstić information content (AvgIpc) is 2.54. The lowest BCUT2D eigenvalue weighted by molar-refractivity contribution is 0.0523. The summed E-state index contributed by atoms with van der Waals surface area (Å²) >= 11 is 1.20. The molecule has 2 heterocycles. The highest BCUT2D eigenvalue weighted by atomic mass is 32.2. The van der Waals surface area contributed by atoms with Crippen molar-refractivity contribution in [1.29, 1.82) is 0 Å². The van der Waals surface area contributed by atoms with E-state index < -0.39 is 17.2 Å². The molecule has 2 aromatic rings. The number of esters is 1. The van der Waals surface area contributed by atoms with Crippen molar-refractivity contribution in [2.75, 3.05) is 18.6 Å². The number of hydrogen-bond acceptors (Lipinski definition) is 7. The molecule has 0 spiro atoms. The van der Waals surface area contributed by atoms with Crippen LogP contribution in [0.4, 0.5) is 5.69 Å². The second kappa shape index (κ2) is 7.08. The molecule has 0 aliphatic carbocycles. The highest BCUT2D eigenvalue weighted by Crippen LogP contribution is 2.29. The Bertz CT molecular complexity index is 917. The van der Waals surface area contributed by atoms with Crippen molar-refractivity contribution < 1.29 is 9.53 Å². The number of thioether (sulfide) groups is 1. The van der Waals surface area contributed by atoms with Crippen molar-refractivity contribution >= 4 is 34.5 Å². The van der Waals surface area contributed by atoms with Crippen molar-refractivity contribution in [3.63, 3.8) is 0 Å². The summed E-state index contributed by atoms with van der Waals surface area (Å²) in [6.45, 7) is 5.86. The molecule has 2 N–H and O–H groups in total. The highest BCUT2D eigenvalue weighted by molar-refractivity contribution is 7.98. The lowest BCUT2D eigenvalue weighted by atomic mass is 10.1. The zero-order chi connectivity index (χ0) is 18.0. The summed E-state index contributed by atoms with van der Waals surface area (Å²) in [6, 6.07) is 0. The molecule has 0 aliphatic rings. The number of nitrogens with two attached hydrogens (primary N) is 1. The topological polar surface area (TPSA) is 109 Å². The standard InChI is InChI=1S/C15H20N4O4S/c1-5-18-11-8(13(20)19(6-2)15(18)22)10(16)9(12(17-11)24-4)14(21)23-7-3/h5-7H2,1-4H3,(H2,16,17). The maximum absolute atomic E-state index is 12.7. The van der Waals surface area contributed by atoms with Crippen LogP contribution in [-0.4, -0.2) is 33.0 Å². The van der Waals surface area contributed by atoms with Crippen LogP contribution < -0.4 is 17.0 Å². The van der Waals surface area contributed by atoms with Crippen molar-refractivity contribution in [2.24, 2.45) is 0 Å². The van der Waals surface area contributed by atoms with E-state index in [0.717, 1.165) is 4.57 Å². The van der Waals surface area contributed by atoms with Crippen LogP contribution in [0.3, 0.4) is 0 Å². The van der Waals surface area contributed by atoms with Gasteiger partial charge in [0.1, 0.15) is 16.0 Å². The fourth-order valence-electron chi connectivity index (χ4n) is 2.55. The van der Waals surface area contributed by atoms with Crippen LogP contribution in [0.2, 0.25) is 0 Å². The lowest BCUT2D eigenvalue weighted by Crippen LogP contribution is -2.40. The number of ether oxygens (including phenoxy) is 1. The number of rotatable bonds is 5. The summed E-state index contributed by atoms with van der Waals surface area (Å²) in [6.07, 6.45) is 1.73.